The first-order chi connectivity index (χ1) is 10.8. The number of amides is 1. The molecule has 0 saturated heterocycles. The van der Waals surface area contributed by atoms with E-state index in [-0.39, 0.29) is 17.3 Å². The predicted molar refractivity (Wildman–Crippen MR) is 82.8 cm³/mol. The Balaban J connectivity index is 2.07. The second-order valence-electron chi connectivity index (χ2n) is 5.15. The number of alkyl halides is 2. The maximum Gasteiger partial charge on any atom is 0.387 e. The highest BCUT2D eigenvalue weighted by molar-refractivity contribution is 6.30. The van der Waals surface area contributed by atoms with Gasteiger partial charge >= 0.3 is 6.61 Å². The fourth-order valence-electron chi connectivity index (χ4n) is 1.98. The summed E-state index contributed by atoms with van der Waals surface area (Å²) >= 11 is 5.77. The molecule has 0 aliphatic rings. The van der Waals surface area contributed by atoms with Gasteiger partial charge in [-0.2, -0.15) is 13.9 Å². The molecular formula is C15H16ClF2N3O2. The first-order valence-corrected chi connectivity index (χ1v) is 7.27. The maximum absolute atomic E-state index is 12.5. The minimum absolute atomic E-state index is 0.0670. The van der Waals surface area contributed by atoms with Crippen LogP contribution < -0.4 is 10.1 Å². The largest absolute Gasteiger partial charge is 0.433 e. The second kappa shape index (κ2) is 7.41. The molecule has 2 aromatic rings. The van der Waals surface area contributed by atoms with E-state index in [1.807, 2.05) is 0 Å². The molecule has 0 aliphatic carbocycles. The van der Waals surface area contributed by atoms with Crippen LogP contribution in [0.3, 0.4) is 0 Å². The highest BCUT2D eigenvalue weighted by Crippen LogP contribution is 2.27. The number of nitrogens with one attached hydrogen (secondary N) is 1. The molecule has 0 aliphatic heterocycles. The number of rotatable bonds is 6. The van der Waals surface area contributed by atoms with Crippen molar-refractivity contribution in [2.75, 3.05) is 5.32 Å². The van der Waals surface area contributed by atoms with Gasteiger partial charge in [-0.1, -0.05) is 24.6 Å². The molecule has 124 valence electrons. The number of carbonyl (C=O) groups is 1. The predicted octanol–water partition coefficient (Wildman–Crippen LogP) is 3.72. The third kappa shape index (κ3) is 4.92. The van der Waals surface area contributed by atoms with Crippen molar-refractivity contribution in [2.24, 2.45) is 5.92 Å². The average Bonchev–Trinajstić information content (AvgIpc) is 2.86. The number of aryl methyl sites for hydroxylation is 1. The lowest BCUT2D eigenvalue weighted by Gasteiger charge is -2.15. The second-order valence-corrected chi connectivity index (χ2v) is 5.59. The van der Waals surface area contributed by atoms with Gasteiger partial charge in [-0.05, 0) is 24.6 Å². The van der Waals surface area contributed by atoms with Crippen LogP contribution in [-0.4, -0.2) is 22.3 Å². The first kappa shape index (κ1) is 17.2. The zero-order valence-electron chi connectivity index (χ0n) is 12.6. The van der Waals surface area contributed by atoms with E-state index < -0.39 is 12.5 Å². The molecule has 1 atom stereocenters. The molecule has 5 nitrogen and oxygen atoms in total. The lowest BCUT2D eigenvalue weighted by molar-refractivity contribution is -0.119. The average molecular weight is 344 g/mol. The van der Waals surface area contributed by atoms with Crippen LogP contribution in [0.4, 0.5) is 14.5 Å². The van der Waals surface area contributed by atoms with Gasteiger partial charge in [0.1, 0.15) is 5.75 Å². The van der Waals surface area contributed by atoms with Crippen LogP contribution in [0, 0.1) is 12.8 Å². The molecule has 1 aromatic carbocycles. The van der Waals surface area contributed by atoms with E-state index in [9.17, 15) is 13.6 Å². The van der Waals surface area contributed by atoms with Crippen LogP contribution in [0.15, 0.2) is 30.6 Å². The van der Waals surface area contributed by atoms with Crippen molar-refractivity contribution in [1.82, 2.24) is 9.78 Å². The van der Waals surface area contributed by atoms with Gasteiger partial charge in [0.05, 0.1) is 29.4 Å². The van der Waals surface area contributed by atoms with Crippen LogP contribution in [-0.2, 0) is 11.3 Å². The number of anilines is 1. The van der Waals surface area contributed by atoms with Gasteiger partial charge in [0.15, 0.2) is 0 Å². The summed E-state index contributed by atoms with van der Waals surface area (Å²) in [6.45, 7) is 0.798. The Morgan fingerprint density at radius 3 is 2.83 bits per heavy atom. The summed E-state index contributed by atoms with van der Waals surface area (Å²) in [5.74, 6) is -0.839. The maximum atomic E-state index is 12.5. The van der Waals surface area contributed by atoms with E-state index in [4.69, 9.17) is 11.6 Å². The van der Waals surface area contributed by atoms with E-state index in [0.717, 1.165) is 5.56 Å². The minimum Gasteiger partial charge on any atom is -0.433 e. The van der Waals surface area contributed by atoms with Gasteiger partial charge in [0.2, 0.25) is 5.91 Å². The van der Waals surface area contributed by atoms with Gasteiger partial charge < -0.3 is 10.1 Å². The van der Waals surface area contributed by atoms with E-state index in [2.05, 4.69) is 15.2 Å². The van der Waals surface area contributed by atoms with Gasteiger partial charge in [-0.15, -0.1) is 0 Å². The summed E-state index contributed by atoms with van der Waals surface area (Å²) in [6.07, 6.45) is 3.07. The third-order valence-electron chi connectivity index (χ3n) is 3.12. The molecule has 1 aromatic heterocycles. The number of halogens is 3. The Morgan fingerprint density at radius 2 is 2.22 bits per heavy atom. The molecule has 0 bridgehead atoms. The number of carbonyl (C=O) groups excluding carboxylic acids is 1. The summed E-state index contributed by atoms with van der Waals surface area (Å²) in [7, 11) is 0. The van der Waals surface area contributed by atoms with E-state index >= 15 is 0 Å². The first-order valence-electron chi connectivity index (χ1n) is 6.89. The molecule has 2 rings (SSSR count). The molecule has 23 heavy (non-hydrogen) atoms. The number of benzene rings is 1. The fraction of sp³-hybridized carbons (Fsp3) is 0.333. The molecule has 1 amide bonds. The Morgan fingerprint density at radius 1 is 1.48 bits per heavy atom. The Hall–Kier alpha value is -2.15. The lowest BCUT2D eigenvalue weighted by Crippen LogP contribution is -2.25. The smallest absolute Gasteiger partial charge is 0.387 e. The summed E-state index contributed by atoms with van der Waals surface area (Å²) in [6, 6.07) is 4.67. The van der Waals surface area contributed by atoms with Gasteiger partial charge in [-0.25, -0.2) is 0 Å². The zero-order chi connectivity index (χ0) is 17.0. The Kier molecular flexibility index (Phi) is 5.54. The summed E-state index contributed by atoms with van der Waals surface area (Å²) in [5, 5.41) is 7.07. The Labute approximate surface area is 137 Å². The number of aromatic nitrogens is 2. The van der Waals surface area contributed by atoms with Crippen LogP contribution in [0.1, 0.15) is 12.5 Å². The van der Waals surface area contributed by atoms with Crippen molar-refractivity contribution < 1.29 is 18.3 Å². The number of nitrogens with zero attached hydrogens (tertiary/aromatic N) is 2. The van der Waals surface area contributed by atoms with E-state index in [1.54, 1.807) is 26.1 Å². The molecular weight excluding hydrogens is 328 g/mol. The van der Waals surface area contributed by atoms with Crippen molar-refractivity contribution in [2.45, 2.75) is 27.0 Å². The van der Waals surface area contributed by atoms with Gasteiger partial charge in [0.25, 0.3) is 0 Å². The number of ether oxygens (including phenoxy) is 1. The molecule has 0 radical (unpaired) electrons. The SMILES string of the molecule is Cc1ccc(NC(=O)C(C)Cn2cc(Cl)cn2)c(OC(F)F)c1. The molecule has 0 saturated carbocycles. The summed E-state index contributed by atoms with van der Waals surface area (Å²) in [4.78, 5) is 12.2. The number of hydrogen-bond donors (Lipinski definition) is 1. The van der Waals surface area contributed by atoms with Gasteiger partial charge in [-0.3, -0.25) is 9.48 Å². The quantitative estimate of drug-likeness (QED) is 0.869. The molecule has 1 heterocycles. The van der Waals surface area contributed by atoms with Crippen LogP contribution in [0.5, 0.6) is 5.75 Å². The molecule has 8 heteroatoms. The highest BCUT2D eigenvalue weighted by Gasteiger charge is 2.17. The van der Waals surface area contributed by atoms with Crippen molar-refractivity contribution in [3.63, 3.8) is 0 Å². The molecule has 1 N–H and O–H groups in total. The van der Waals surface area contributed by atoms with Crippen molar-refractivity contribution in [3.05, 3.63) is 41.2 Å². The standard InChI is InChI=1S/C15H16ClF2N3O2/c1-9-3-4-12(13(5-9)23-15(17)18)20-14(22)10(2)7-21-8-11(16)6-19-21/h3-6,8,10,15H,7H2,1-2H3,(H,20,22). The van der Waals surface area contributed by atoms with Crippen LogP contribution >= 0.6 is 11.6 Å². The number of hydrogen-bond acceptors (Lipinski definition) is 3. The van der Waals surface area contributed by atoms with E-state index in [1.165, 1.54) is 23.0 Å². The highest BCUT2D eigenvalue weighted by atomic mass is 35.5. The van der Waals surface area contributed by atoms with E-state index in [0.29, 0.717) is 11.6 Å². The minimum atomic E-state index is -2.96. The molecule has 0 spiro atoms. The third-order valence-corrected chi connectivity index (χ3v) is 3.32. The summed E-state index contributed by atoms with van der Waals surface area (Å²) in [5.41, 5.74) is 0.948. The van der Waals surface area contributed by atoms with Crippen LogP contribution in [0.25, 0.3) is 0 Å². The molecule has 1 unspecified atom stereocenters. The molecule has 0 fully saturated rings. The van der Waals surface area contributed by atoms with Crippen molar-refractivity contribution in [1.29, 1.82) is 0 Å². The Bertz CT molecular complexity index is 691. The summed E-state index contributed by atoms with van der Waals surface area (Å²) < 4.78 is 30.9. The van der Waals surface area contributed by atoms with Crippen molar-refractivity contribution >= 4 is 23.2 Å². The topological polar surface area (TPSA) is 56.2 Å². The van der Waals surface area contributed by atoms with Crippen molar-refractivity contribution in [3.8, 4) is 5.75 Å². The van der Waals surface area contributed by atoms with Gasteiger partial charge in [0, 0.05) is 6.20 Å². The normalized spacial score (nSPS) is 12.3. The zero-order valence-corrected chi connectivity index (χ0v) is 13.3. The fourth-order valence-corrected chi connectivity index (χ4v) is 2.14. The van der Waals surface area contributed by atoms with Crippen LogP contribution in [0.2, 0.25) is 5.02 Å². The lowest BCUT2D eigenvalue weighted by atomic mass is 10.1. The monoisotopic (exact) mass is 343 g/mol.